The van der Waals surface area contributed by atoms with Crippen molar-refractivity contribution in [3.8, 4) is 0 Å². The smallest absolute Gasteiger partial charge is 0.154 e. The van der Waals surface area contributed by atoms with E-state index < -0.39 is 0 Å². The van der Waals surface area contributed by atoms with Crippen molar-refractivity contribution in [2.75, 3.05) is 5.32 Å². The van der Waals surface area contributed by atoms with Crippen molar-refractivity contribution in [3.05, 3.63) is 51.2 Å². The molecule has 21 heavy (non-hydrogen) atoms. The topological polar surface area (TPSA) is 37.8 Å². The van der Waals surface area contributed by atoms with Crippen LogP contribution in [0.2, 0.25) is 10.3 Å². The molecule has 0 aliphatic heterocycles. The number of thiophene rings is 1. The number of rotatable bonds is 3. The molecule has 0 aliphatic carbocycles. The van der Waals surface area contributed by atoms with E-state index in [1.54, 1.807) is 17.4 Å². The van der Waals surface area contributed by atoms with E-state index in [4.69, 9.17) is 23.2 Å². The number of hydrogen-bond acceptors (Lipinski definition) is 4. The zero-order chi connectivity index (χ0) is 15.0. The van der Waals surface area contributed by atoms with Crippen molar-refractivity contribution in [1.82, 2.24) is 9.97 Å². The zero-order valence-corrected chi connectivity index (χ0v) is 13.9. The van der Waals surface area contributed by atoms with Crippen LogP contribution in [0.15, 0.2) is 29.8 Å². The van der Waals surface area contributed by atoms with E-state index in [9.17, 15) is 0 Å². The monoisotopic (exact) mass is 337 g/mol. The molecule has 0 aliphatic rings. The summed E-state index contributed by atoms with van der Waals surface area (Å²) in [5.41, 5.74) is 3.91. The highest BCUT2D eigenvalue weighted by atomic mass is 35.5. The molecule has 0 radical (unpaired) electrons. The van der Waals surface area contributed by atoms with Gasteiger partial charge in [0.2, 0.25) is 0 Å². The Bertz CT molecular complexity index is 777. The van der Waals surface area contributed by atoms with E-state index in [2.05, 4.69) is 28.3 Å². The Kier molecular flexibility index (Phi) is 4.02. The number of aryl methyl sites for hydroxylation is 1. The minimum atomic E-state index is 0.0724. The van der Waals surface area contributed by atoms with E-state index in [-0.39, 0.29) is 6.04 Å². The first kappa shape index (κ1) is 14.6. The van der Waals surface area contributed by atoms with E-state index in [0.29, 0.717) is 10.3 Å². The maximum atomic E-state index is 6.17. The first-order valence-corrected chi connectivity index (χ1v) is 8.10. The Morgan fingerprint density at radius 2 is 2.10 bits per heavy atom. The largest absolute Gasteiger partial charge is 0.376 e. The van der Waals surface area contributed by atoms with Gasteiger partial charge < -0.3 is 5.32 Å². The molecule has 3 heterocycles. The lowest BCUT2D eigenvalue weighted by atomic mass is 10.1. The minimum absolute atomic E-state index is 0.0724. The maximum Gasteiger partial charge on any atom is 0.154 e. The molecule has 108 valence electrons. The van der Waals surface area contributed by atoms with Gasteiger partial charge in [-0.05, 0) is 48.6 Å². The van der Waals surface area contributed by atoms with Crippen LogP contribution in [0.1, 0.15) is 24.1 Å². The van der Waals surface area contributed by atoms with Gasteiger partial charge in [-0.15, -0.1) is 11.3 Å². The quantitative estimate of drug-likeness (QED) is 0.643. The zero-order valence-electron chi connectivity index (χ0n) is 11.5. The van der Waals surface area contributed by atoms with Crippen LogP contribution in [0.3, 0.4) is 0 Å². The van der Waals surface area contributed by atoms with Crippen LogP contribution in [0, 0.1) is 6.92 Å². The minimum Gasteiger partial charge on any atom is -0.376 e. The molecule has 6 heteroatoms. The number of nitrogens with zero attached hydrogens (tertiary/aromatic N) is 2. The number of nitrogens with one attached hydrogen (secondary N) is 1. The van der Waals surface area contributed by atoms with Crippen molar-refractivity contribution in [3.63, 3.8) is 0 Å². The lowest BCUT2D eigenvalue weighted by Crippen LogP contribution is -2.09. The van der Waals surface area contributed by atoms with Crippen LogP contribution in [0.25, 0.3) is 10.2 Å². The Hall–Kier alpha value is -1.36. The Morgan fingerprint density at radius 1 is 1.29 bits per heavy atom. The van der Waals surface area contributed by atoms with E-state index >= 15 is 0 Å². The van der Waals surface area contributed by atoms with Crippen molar-refractivity contribution in [2.24, 2.45) is 0 Å². The molecule has 1 N–H and O–H groups in total. The lowest BCUT2D eigenvalue weighted by Gasteiger charge is -2.18. The molecule has 3 nitrogen and oxygen atoms in total. The predicted octanol–water partition coefficient (Wildman–Crippen LogP) is 5.48. The number of fused-ring (bicyclic) bond motifs is 1. The second-order valence-corrected chi connectivity index (χ2v) is 6.56. The molecule has 0 fully saturated rings. The number of halogens is 2. The lowest BCUT2D eigenvalue weighted by molar-refractivity contribution is 0.876. The molecular formula is C15H13Cl2N3S. The highest BCUT2D eigenvalue weighted by Gasteiger charge is 2.13. The summed E-state index contributed by atoms with van der Waals surface area (Å²) in [6, 6.07) is 6.04. The van der Waals surface area contributed by atoms with Crippen LogP contribution in [0.5, 0.6) is 0 Å². The van der Waals surface area contributed by atoms with E-state index in [0.717, 1.165) is 22.3 Å². The van der Waals surface area contributed by atoms with Gasteiger partial charge >= 0.3 is 0 Å². The summed E-state index contributed by atoms with van der Waals surface area (Å²) in [6.07, 6.45) is 1.89. The Balaban J connectivity index is 1.90. The first-order valence-electron chi connectivity index (χ1n) is 6.47. The molecule has 0 spiro atoms. The predicted molar refractivity (Wildman–Crippen MR) is 90.7 cm³/mol. The van der Waals surface area contributed by atoms with Gasteiger partial charge in [0.25, 0.3) is 0 Å². The molecule has 0 bridgehead atoms. The van der Waals surface area contributed by atoms with Gasteiger partial charge in [-0.25, -0.2) is 4.98 Å². The Labute approximate surface area is 137 Å². The fourth-order valence-corrected chi connectivity index (χ4v) is 3.54. The number of hydrogen-bond donors (Lipinski definition) is 1. The first-order chi connectivity index (χ1) is 10.0. The normalized spacial score (nSPS) is 12.6. The Morgan fingerprint density at radius 3 is 2.86 bits per heavy atom. The second kappa shape index (κ2) is 5.79. The number of anilines is 1. The molecule has 0 saturated carbocycles. The van der Waals surface area contributed by atoms with Gasteiger partial charge in [0.05, 0.1) is 21.9 Å². The van der Waals surface area contributed by atoms with Gasteiger partial charge in [-0.2, -0.15) is 0 Å². The van der Waals surface area contributed by atoms with Crippen molar-refractivity contribution in [1.29, 1.82) is 0 Å². The van der Waals surface area contributed by atoms with Crippen LogP contribution < -0.4 is 5.32 Å². The summed E-state index contributed by atoms with van der Waals surface area (Å²) in [4.78, 5) is 8.54. The maximum absolute atomic E-state index is 6.17. The number of pyridine rings is 2. The molecule has 3 rings (SSSR count). The van der Waals surface area contributed by atoms with Crippen LogP contribution in [-0.2, 0) is 0 Å². The standard InChI is InChI=1S/C15H13Cl2N3S/c1-8-5-13(16)20-15(17)14(8)19-9(2)10-6-12-11(18-7-10)3-4-21-12/h3-7,9,19H,1-2H3. The summed E-state index contributed by atoms with van der Waals surface area (Å²) in [5.74, 6) is 0. The van der Waals surface area contributed by atoms with E-state index in [1.165, 1.54) is 4.70 Å². The van der Waals surface area contributed by atoms with E-state index in [1.807, 2.05) is 24.6 Å². The van der Waals surface area contributed by atoms with Crippen LogP contribution in [0.4, 0.5) is 5.69 Å². The summed E-state index contributed by atoms with van der Waals surface area (Å²) < 4.78 is 1.18. The van der Waals surface area contributed by atoms with Gasteiger partial charge in [0.15, 0.2) is 5.15 Å². The molecular weight excluding hydrogens is 325 g/mol. The second-order valence-electron chi connectivity index (χ2n) is 4.87. The summed E-state index contributed by atoms with van der Waals surface area (Å²) in [7, 11) is 0. The molecule has 0 amide bonds. The fraction of sp³-hybridized carbons (Fsp3) is 0.200. The molecule has 0 saturated heterocycles. The third-order valence-electron chi connectivity index (χ3n) is 3.33. The summed E-state index contributed by atoms with van der Waals surface area (Å²) >= 11 is 13.8. The van der Waals surface area contributed by atoms with Gasteiger partial charge in [-0.1, -0.05) is 23.2 Å². The molecule has 3 aromatic heterocycles. The summed E-state index contributed by atoms with van der Waals surface area (Å²) in [5, 5.41) is 6.22. The third kappa shape index (κ3) is 2.98. The molecule has 3 aromatic rings. The molecule has 1 unspecified atom stereocenters. The van der Waals surface area contributed by atoms with Gasteiger partial charge in [0, 0.05) is 6.20 Å². The average molecular weight is 338 g/mol. The number of aromatic nitrogens is 2. The van der Waals surface area contributed by atoms with Crippen molar-refractivity contribution < 1.29 is 0 Å². The SMILES string of the molecule is Cc1cc(Cl)nc(Cl)c1NC(C)c1cnc2ccsc2c1. The molecule has 1 atom stereocenters. The average Bonchev–Trinajstić information content (AvgIpc) is 2.89. The van der Waals surface area contributed by atoms with Crippen LogP contribution >= 0.6 is 34.5 Å². The summed E-state index contributed by atoms with van der Waals surface area (Å²) in [6.45, 7) is 4.02. The van der Waals surface area contributed by atoms with Crippen molar-refractivity contribution in [2.45, 2.75) is 19.9 Å². The van der Waals surface area contributed by atoms with Crippen LogP contribution in [-0.4, -0.2) is 9.97 Å². The third-order valence-corrected chi connectivity index (χ3v) is 4.65. The van der Waals surface area contributed by atoms with Crippen molar-refractivity contribution >= 4 is 50.4 Å². The molecule has 0 aromatic carbocycles. The van der Waals surface area contributed by atoms with Gasteiger partial charge in [0.1, 0.15) is 5.15 Å². The van der Waals surface area contributed by atoms with Gasteiger partial charge in [-0.3, -0.25) is 4.98 Å². The fourth-order valence-electron chi connectivity index (χ4n) is 2.17. The highest BCUT2D eigenvalue weighted by molar-refractivity contribution is 7.17. The highest BCUT2D eigenvalue weighted by Crippen LogP contribution is 2.31.